The van der Waals surface area contributed by atoms with E-state index in [1.165, 1.54) is 0 Å². The third-order valence-corrected chi connectivity index (χ3v) is 9.19. The number of rotatable bonds is 13. The zero-order valence-electron chi connectivity index (χ0n) is 25.6. The van der Waals surface area contributed by atoms with E-state index in [4.69, 9.17) is 14.2 Å². The molecule has 1 saturated carbocycles. The van der Waals surface area contributed by atoms with E-state index < -0.39 is 17.7 Å². The van der Waals surface area contributed by atoms with Gasteiger partial charge in [0.2, 0.25) is 0 Å². The van der Waals surface area contributed by atoms with Crippen molar-refractivity contribution in [3.8, 4) is 0 Å². The Morgan fingerprint density at radius 2 is 1.59 bits per heavy atom. The second kappa shape index (κ2) is 12.2. The largest absolute Gasteiger partial charge is 0.460 e. The lowest BCUT2D eigenvalue weighted by atomic mass is 9.63. The zero-order chi connectivity index (χ0) is 28.3. The summed E-state index contributed by atoms with van der Waals surface area (Å²) < 4.78 is 17.8. The van der Waals surface area contributed by atoms with Crippen molar-refractivity contribution in [1.29, 1.82) is 0 Å². The summed E-state index contributed by atoms with van der Waals surface area (Å²) in [5, 5.41) is 4.43. The molecule has 2 aliphatic carbocycles. The van der Waals surface area contributed by atoms with Crippen LogP contribution in [0.25, 0.3) is 0 Å². The molecule has 2 bridgehead atoms. The van der Waals surface area contributed by atoms with Crippen LogP contribution in [0.1, 0.15) is 88.5 Å². The summed E-state index contributed by atoms with van der Waals surface area (Å²) in [5.41, 5.74) is -1.08. The van der Waals surface area contributed by atoms with Gasteiger partial charge in [-0.15, -0.1) is 0 Å². The molecule has 2 rings (SSSR count). The third-order valence-electron chi connectivity index (χ3n) is 9.19. The van der Waals surface area contributed by atoms with Crippen molar-refractivity contribution in [2.75, 3.05) is 27.2 Å². The maximum absolute atomic E-state index is 13.1. The second-order valence-corrected chi connectivity index (χ2v) is 13.3. The SMILES string of the molecule is CCN(N(C)C)[C@](C)(C(C)OCC(=O)OC(CC(=O)OC(C)(C)C)C1CC2C=C[C@H]1C2)C(C)(C)C(C)C. The minimum Gasteiger partial charge on any atom is -0.460 e. The Labute approximate surface area is 226 Å². The number of carbonyl (C=O) groups excluding carboxylic acids is 2. The van der Waals surface area contributed by atoms with Crippen LogP contribution in [0.3, 0.4) is 0 Å². The lowest BCUT2D eigenvalue weighted by Crippen LogP contribution is -2.67. The monoisotopic (exact) mass is 522 g/mol. The predicted molar refractivity (Wildman–Crippen MR) is 148 cm³/mol. The second-order valence-electron chi connectivity index (χ2n) is 13.3. The van der Waals surface area contributed by atoms with E-state index >= 15 is 0 Å². The molecule has 7 heteroatoms. The maximum Gasteiger partial charge on any atom is 0.332 e. The van der Waals surface area contributed by atoms with Crippen LogP contribution < -0.4 is 0 Å². The highest BCUT2D eigenvalue weighted by Gasteiger charge is 2.52. The molecule has 6 atom stereocenters. The summed E-state index contributed by atoms with van der Waals surface area (Å²) in [6.45, 7) is 21.6. The molecule has 0 N–H and O–H groups in total. The van der Waals surface area contributed by atoms with Crippen molar-refractivity contribution in [3.63, 3.8) is 0 Å². The average molecular weight is 523 g/mol. The number of allylic oxidation sites excluding steroid dienone is 2. The van der Waals surface area contributed by atoms with Gasteiger partial charge in [-0.1, -0.05) is 46.8 Å². The van der Waals surface area contributed by atoms with E-state index in [1.54, 1.807) is 0 Å². The first-order valence-electron chi connectivity index (χ1n) is 14.1. The smallest absolute Gasteiger partial charge is 0.332 e. The van der Waals surface area contributed by atoms with Gasteiger partial charge in [-0.05, 0) is 70.6 Å². The zero-order valence-corrected chi connectivity index (χ0v) is 25.6. The van der Waals surface area contributed by atoms with Gasteiger partial charge >= 0.3 is 11.9 Å². The molecule has 37 heavy (non-hydrogen) atoms. The van der Waals surface area contributed by atoms with Crippen LogP contribution in [0.15, 0.2) is 12.2 Å². The van der Waals surface area contributed by atoms with Crippen LogP contribution >= 0.6 is 0 Å². The van der Waals surface area contributed by atoms with Gasteiger partial charge < -0.3 is 14.2 Å². The normalized spacial score (nSPS) is 25.0. The fraction of sp³-hybridized carbons (Fsp3) is 0.867. The maximum atomic E-state index is 13.1. The van der Waals surface area contributed by atoms with Crippen molar-refractivity contribution < 1.29 is 23.8 Å². The molecule has 2 aliphatic rings. The molecule has 0 aliphatic heterocycles. The van der Waals surface area contributed by atoms with Crippen LogP contribution in [-0.4, -0.2) is 72.6 Å². The number of fused-ring (bicyclic) bond motifs is 2. The van der Waals surface area contributed by atoms with Gasteiger partial charge in [-0.3, -0.25) is 4.79 Å². The Bertz CT molecular complexity index is 815. The summed E-state index contributed by atoms with van der Waals surface area (Å²) in [6.07, 6.45) is 5.79. The Morgan fingerprint density at radius 1 is 0.973 bits per heavy atom. The van der Waals surface area contributed by atoms with Gasteiger partial charge in [-0.25, -0.2) is 14.8 Å². The standard InChI is InChI=1S/C30H54N2O5/c1-13-32(31(11)12)30(10,29(8,9)20(2)3)21(4)35-19-27(34)36-25(18-26(33)37-28(5,6)7)24-17-22-14-15-23(24)16-22/h14-15,20-25H,13,16-19H2,1-12H3/t21?,22?,23-,24?,25?,30+/m0/s1. The lowest BCUT2D eigenvalue weighted by molar-refractivity contribution is -0.198. The van der Waals surface area contributed by atoms with E-state index in [-0.39, 0.29) is 42.0 Å². The summed E-state index contributed by atoms with van der Waals surface area (Å²) in [5.74, 6) is 0.619. The molecule has 4 unspecified atom stereocenters. The van der Waals surface area contributed by atoms with E-state index in [9.17, 15) is 9.59 Å². The molecule has 7 nitrogen and oxygen atoms in total. The van der Waals surface area contributed by atoms with Gasteiger partial charge in [0.1, 0.15) is 18.3 Å². The fourth-order valence-electron chi connectivity index (χ4n) is 6.31. The van der Waals surface area contributed by atoms with Crippen LogP contribution in [0.2, 0.25) is 0 Å². The number of ether oxygens (including phenoxy) is 3. The van der Waals surface area contributed by atoms with Crippen molar-refractivity contribution in [1.82, 2.24) is 10.0 Å². The molecule has 0 aromatic rings. The fourth-order valence-corrected chi connectivity index (χ4v) is 6.31. The minimum absolute atomic E-state index is 0.0721. The molecule has 0 amide bonds. The Balaban J connectivity index is 2.15. The van der Waals surface area contributed by atoms with Crippen LogP contribution in [0.5, 0.6) is 0 Å². The summed E-state index contributed by atoms with van der Waals surface area (Å²) in [7, 11) is 4.09. The highest BCUT2D eigenvalue weighted by Crippen LogP contribution is 2.47. The van der Waals surface area contributed by atoms with Crippen molar-refractivity contribution >= 4 is 11.9 Å². The first-order valence-corrected chi connectivity index (χ1v) is 14.1. The number of hydrogen-bond acceptors (Lipinski definition) is 7. The van der Waals surface area contributed by atoms with Crippen molar-refractivity contribution in [2.24, 2.45) is 29.1 Å². The number of carbonyl (C=O) groups is 2. The average Bonchev–Trinajstić information content (AvgIpc) is 3.39. The van der Waals surface area contributed by atoms with E-state index in [0.29, 0.717) is 17.8 Å². The topological polar surface area (TPSA) is 68.3 Å². The van der Waals surface area contributed by atoms with Gasteiger partial charge in [0.25, 0.3) is 0 Å². The molecular formula is C30H54N2O5. The highest BCUT2D eigenvalue weighted by molar-refractivity contribution is 5.73. The van der Waals surface area contributed by atoms with Crippen LogP contribution in [0, 0.1) is 29.1 Å². The summed E-state index contributed by atoms with van der Waals surface area (Å²) in [4.78, 5) is 25.8. The first-order chi connectivity index (χ1) is 16.9. The van der Waals surface area contributed by atoms with E-state index in [2.05, 4.69) is 63.7 Å². The quantitative estimate of drug-likeness (QED) is 0.180. The number of esters is 2. The minimum atomic E-state index is -0.579. The molecule has 0 aromatic heterocycles. The van der Waals surface area contributed by atoms with Crippen LogP contribution in [0.4, 0.5) is 0 Å². The Kier molecular flexibility index (Phi) is 10.4. The number of hydrazine groups is 1. The molecule has 0 saturated heterocycles. The molecule has 1 fully saturated rings. The molecular weight excluding hydrogens is 468 g/mol. The lowest BCUT2D eigenvalue weighted by Gasteiger charge is -2.57. The first kappa shape index (κ1) is 31.8. The highest BCUT2D eigenvalue weighted by atomic mass is 16.6. The molecule has 0 radical (unpaired) electrons. The van der Waals surface area contributed by atoms with Crippen LogP contribution in [-0.2, 0) is 23.8 Å². The van der Waals surface area contributed by atoms with Gasteiger partial charge in [0.15, 0.2) is 0 Å². The molecule has 214 valence electrons. The van der Waals surface area contributed by atoms with E-state index in [1.807, 2.05) is 41.8 Å². The number of nitrogens with zero attached hydrogens (tertiary/aromatic N) is 2. The van der Waals surface area contributed by atoms with Gasteiger partial charge in [-0.2, -0.15) is 0 Å². The van der Waals surface area contributed by atoms with Crippen molar-refractivity contribution in [2.45, 2.75) is 112 Å². The third kappa shape index (κ3) is 7.36. The van der Waals surface area contributed by atoms with E-state index in [0.717, 1.165) is 19.4 Å². The van der Waals surface area contributed by atoms with Crippen molar-refractivity contribution in [3.05, 3.63) is 12.2 Å². The summed E-state index contributed by atoms with van der Waals surface area (Å²) in [6, 6.07) is 0. The summed E-state index contributed by atoms with van der Waals surface area (Å²) >= 11 is 0. The molecule has 0 heterocycles. The number of hydrogen-bond donors (Lipinski definition) is 0. The van der Waals surface area contributed by atoms with Gasteiger partial charge in [0, 0.05) is 26.6 Å². The Hall–Kier alpha value is -1.44. The predicted octanol–water partition coefficient (Wildman–Crippen LogP) is 5.49. The molecule has 0 aromatic carbocycles. The van der Waals surface area contributed by atoms with Gasteiger partial charge in [0.05, 0.1) is 18.1 Å². The molecule has 0 spiro atoms. The number of likely N-dealkylation sites (N-methyl/N-ethyl adjacent to an activating group) is 1. The Morgan fingerprint density at radius 3 is 2.03 bits per heavy atom.